The lowest BCUT2D eigenvalue weighted by Gasteiger charge is -2.26. The van der Waals surface area contributed by atoms with Gasteiger partial charge in [0.25, 0.3) is 0 Å². The van der Waals surface area contributed by atoms with Crippen molar-refractivity contribution >= 4 is 17.0 Å². The van der Waals surface area contributed by atoms with Crippen LogP contribution < -0.4 is 0 Å². The van der Waals surface area contributed by atoms with Crippen LogP contribution in [0.2, 0.25) is 0 Å². The molecule has 0 aliphatic rings. The second-order valence-corrected chi connectivity index (χ2v) is 8.31. The summed E-state index contributed by atoms with van der Waals surface area (Å²) >= 11 is 0. The van der Waals surface area contributed by atoms with Gasteiger partial charge in [0, 0.05) is 12.5 Å². The molecule has 2 heteroatoms. The van der Waals surface area contributed by atoms with Crippen LogP contribution in [0.5, 0.6) is 0 Å². The quantitative estimate of drug-likeness (QED) is 0.265. The van der Waals surface area contributed by atoms with E-state index in [0.29, 0.717) is 0 Å². The van der Waals surface area contributed by atoms with E-state index in [9.17, 15) is 0 Å². The third kappa shape index (κ3) is 4.28. The fourth-order valence-corrected chi connectivity index (χ4v) is 3.89. The van der Waals surface area contributed by atoms with Crippen molar-refractivity contribution in [3.8, 4) is 0 Å². The van der Waals surface area contributed by atoms with Gasteiger partial charge in [-0.3, -0.25) is 5.01 Å². The summed E-state index contributed by atoms with van der Waals surface area (Å²) in [4.78, 5) is 0. The zero-order valence-corrected chi connectivity index (χ0v) is 17.9. The predicted molar refractivity (Wildman–Crippen MR) is 128 cm³/mol. The fourth-order valence-electron chi connectivity index (χ4n) is 3.89. The molecule has 0 N–H and O–H groups in total. The molecule has 0 heterocycles. The Kier molecular flexibility index (Phi) is 5.67. The molecular weight excluding hydrogens is 364 g/mol. The van der Waals surface area contributed by atoms with Crippen molar-refractivity contribution < 1.29 is 0 Å². The second-order valence-electron chi connectivity index (χ2n) is 8.31. The molecule has 0 bridgehead atoms. The van der Waals surface area contributed by atoms with E-state index >= 15 is 0 Å². The van der Waals surface area contributed by atoms with Crippen LogP contribution in [0.4, 0.5) is 0 Å². The smallest absolute Gasteiger partial charge is 0.0613 e. The van der Waals surface area contributed by atoms with Crippen LogP contribution >= 0.6 is 0 Å². The number of hydrogen-bond acceptors (Lipinski definition) is 2. The van der Waals surface area contributed by atoms with Gasteiger partial charge < -0.3 is 0 Å². The third-order valence-electron chi connectivity index (χ3n) is 5.81. The largest absolute Gasteiger partial charge is 0.296 e. The van der Waals surface area contributed by atoms with Crippen LogP contribution in [-0.4, -0.2) is 18.3 Å². The number of benzene rings is 4. The van der Waals surface area contributed by atoms with Gasteiger partial charge >= 0.3 is 0 Å². The topological polar surface area (TPSA) is 15.6 Å². The zero-order valence-electron chi connectivity index (χ0n) is 17.9. The highest BCUT2D eigenvalue weighted by molar-refractivity contribution is 5.85. The first-order chi connectivity index (χ1) is 14.5. The Balaban J connectivity index is 1.46. The minimum Gasteiger partial charge on any atom is -0.296 e. The Morgan fingerprint density at radius 3 is 2.13 bits per heavy atom. The summed E-state index contributed by atoms with van der Waals surface area (Å²) in [6.07, 6.45) is 1.93. The molecule has 0 saturated carbocycles. The van der Waals surface area contributed by atoms with E-state index in [-0.39, 0.29) is 5.41 Å². The van der Waals surface area contributed by atoms with Gasteiger partial charge in [0.15, 0.2) is 0 Å². The van der Waals surface area contributed by atoms with Crippen molar-refractivity contribution in [2.24, 2.45) is 5.10 Å². The lowest BCUT2D eigenvalue weighted by Crippen LogP contribution is -2.18. The maximum Gasteiger partial charge on any atom is 0.0613 e. The summed E-state index contributed by atoms with van der Waals surface area (Å²) in [5.74, 6) is 0. The minimum absolute atomic E-state index is 0.0257. The summed E-state index contributed by atoms with van der Waals surface area (Å²) in [6, 6.07) is 34.3. The van der Waals surface area contributed by atoms with Crippen LogP contribution in [-0.2, 0) is 12.0 Å². The summed E-state index contributed by atoms with van der Waals surface area (Å²) in [6.45, 7) is 5.31. The summed E-state index contributed by atoms with van der Waals surface area (Å²) in [5.41, 5.74) is 4.98. The van der Waals surface area contributed by atoms with E-state index < -0.39 is 0 Å². The lowest BCUT2D eigenvalue weighted by atomic mass is 9.78. The second kappa shape index (κ2) is 8.54. The third-order valence-corrected chi connectivity index (χ3v) is 5.81. The van der Waals surface area contributed by atoms with Crippen molar-refractivity contribution in [3.63, 3.8) is 0 Å². The van der Waals surface area contributed by atoms with E-state index in [4.69, 9.17) is 0 Å². The highest BCUT2D eigenvalue weighted by atomic mass is 15.4. The molecule has 4 aromatic rings. The predicted octanol–water partition coefficient (Wildman–Crippen LogP) is 6.63. The highest BCUT2D eigenvalue weighted by Crippen LogP contribution is 2.31. The standard InChI is InChI=1S/C28H28N2/c1-28(2,25-13-5-4-6-14-25)26-18-16-22(17-19-26)20-29-30(3)21-24-12-9-11-23-10-7-8-15-27(23)24/h4-20H,21H2,1-3H3/b29-20+. The first kappa shape index (κ1) is 19.9. The van der Waals surface area contributed by atoms with Gasteiger partial charge in [-0.05, 0) is 33.0 Å². The number of hydrogen-bond donors (Lipinski definition) is 0. The molecular formula is C28H28N2. The van der Waals surface area contributed by atoms with Crippen molar-refractivity contribution in [2.45, 2.75) is 25.8 Å². The number of rotatable bonds is 6. The molecule has 0 fully saturated rings. The van der Waals surface area contributed by atoms with Crippen molar-refractivity contribution in [3.05, 3.63) is 119 Å². The Hall–Kier alpha value is -3.39. The molecule has 0 radical (unpaired) electrons. The van der Waals surface area contributed by atoms with E-state index in [2.05, 4.69) is 116 Å². The van der Waals surface area contributed by atoms with Crippen LogP contribution in [0.3, 0.4) is 0 Å². The van der Waals surface area contributed by atoms with Gasteiger partial charge in [0.1, 0.15) is 0 Å². The van der Waals surface area contributed by atoms with Gasteiger partial charge in [0.2, 0.25) is 0 Å². The molecule has 2 nitrogen and oxygen atoms in total. The average molecular weight is 393 g/mol. The van der Waals surface area contributed by atoms with E-state index in [1.54, 1.807) is 0 Å². The number of hydrazone groups is 1. The molecule has 0 saturated heterocycles. The Bertz CT molecular complexity index is 1140. The van der Waals surface area contributed by atoms with Gasteiger partial charge in [-0.25, -0.2) is 0 Å². The zero-order chi connectivity index (χ0) is 21.0. The van der Waals surface area contributed by atoms with Crippen molar-refractivity contribution in [1.82, 2.24) is 5.01 Å². The molecule has 4 rings (SSSR count). The van der Waals surface area contributed by atoms with Crippen molar-refractivity contribution in [1.29, 1.82) is 0 Å². The molecule has 0 atom stereocenters. The van der Waals surface area contributed by atoms with E-state index in [1.165, 1.54) is 27.5 Å². The minimum atomic E-state index is -0.0257. The fraction of sp³-hybridized carbons (Fsp3) is 0.179. The molecule has 30 heavy (non-hydrogen) atoms. The first-order valence-corrected chi connectivity index (χ1v) is 10.4. The summed E-state index contributed by atoms with van der Waals surface area (Å²) < 4.78 is 0. The lowest BCUT2D eigenvalue weighted by molar-refractivity contribution is 0.350. The molecule has 0 aromatic heterocycles. The summed E-state index contributed by atoms with van der Waals surface area (Å²) in [7, 11) is 2.02. The molecule has 150 valence electrons. The number of fused-ring (bicyclic) bond motifs is 1. The Morgan fingerprint density at radius 1 is 0.733 bits per heavy atom. The van der Waals surface area contributed by atoms with Gasteiger partial charge in [-0.1, -0.05) is 111 Å². The van der Waals surface area contributed by atoms with Crippen LogP contribution in [0.1, 0.15) is 36.1 Å². The first-order valence-electron chi connectivity index (χ1n) is 10.4. The SMILES string of the molecule is CN(Cc1cccc2ccccc12)/N=C/c1ccc(C(C)(C)c2ccccc2)cc1. The van der Waals surface area contributed by atoms with Crippen LogP contribution in [0, 0.1) is 0 Å². The molecule has 4 aromatic carbocycles. The maximum absolute atomic E-state index is 4.65. The average Bonchev–Trinajstić information content (AvgIpc) is 2.79. The Morgan fingerprint density at radius 2 is 1.37 bits per heavy atom. The Labute approximate surface area is 179 Å². The highest BCUT2D eigenvalue weighted by Gasteiger charge is 2.22. The van der Waals surface area contributed by atoms with Gasteiger partial charge in [-0.2, -0.15) is 5.10 Å². The van der Waals surface area contributed by atoms with Crippen LogP contribution in [0.15, 0.2) is 102 Å². The maximum atomic E-state index is 4.65. The van der Waals surface area contributed by atoms with Gasteiger partial charge in [-0.15, -0.1) is 0 Å². The monoisotopic (exact) mass is 392 g/mol. The van der Waals surface area contributed by atoms with Gasteiger partial charge in [0.05, 0.1) is 12.8 Å². The molecule has 0 aliphatic carbocycles. The van der Waals surface area contributed by atoms with Crippen LogP contribution in [0.25, 0.3) is 10.8 Å². The summed E-state index contributed by atoms with van der Waals surface area (Å²) in [5, 5.41) is 9.20. The van der Waals surface area contributed by atoms with E-state index in [1.807, 2.05) is 18.3 Å². The van der Waals surface area contributed by atoms with Crippen molar-refractivity contribution in [2.75, 3.05) is 7.05 Å². The molecule has 0 amide bonds. The number of nitrogens with zero attached hydrogens (tertiary/aromatic N) is 2. The van der Waals surface area contributed by atoms with E-state index in [0.717, 1.165) is 12.1 Å². The molecule has 0 unspecified atom stereocenters. The normalized spacial score (nSPS) is 11.8. The molecule has 0 spiro atoms. The molecule has 0 aliphatic heterocycles.